The zero-order chi connectivity index (χ0) is 14.7. The molecule has 0 heterocycles. The van der Waals surface area contributed by atoms with Crippen molar-refractivity contribution >= 4 is 11.7 Å². The van der Waals surface area contributed by atoms with E-state index in [1.54, 1.807) is 0 Å². The van der Waals surface area contributed by atoms with Crippen LogP contribution in [0.4, 0.5) is 5.69 Å². The average Bonchev–Trinajstić information content (AvgIpc) is 2.39. The molecule has 0 fully saturated rings. The maximum atomic E-state index is 11.5. The van der Waals surface area contributed by atoms with E-state index in [0.717, 1.165) is 27.9 Å². The van der Waals surface area contributed by atoms with Gasteiger partial charge in [-0.15, -0.1) is 0 Å². The second-order valence-electron chi connectivity index (χ2n) is 5.13. The summed E-state index contributed by atoms with van der Waals surface area (Å²) in [6, 6.07) is 12.7. The summed E-state index contributed by atoms with van der Waals surface area (Å²) in [7, 11) is 0. The fourth-order valence-corrected chi connectivity index (χ4v) is 2.13. The predicted molar refractivity (Wildman–Crippen MR) is 81.1 cm³/mol. The first-order valence-corrected chi connectivity index (χ1v) is 6.60. The van der Waals surface area contributed by atoms with Crippen molar-refractivity contribution in [3.05, 3.63) is 64.7 Å². The molecule has 0 bridgehead atoms. The van der Waals surface area contributed by atoms with E-state index >= 15 is 0 Å². The molecular weight excluding hydrogens is 250 g/mol. The first kappa shape index (κ1) is 14.1. The van der Waals surface area contributed by atoms with Gasteiger partial charge in [-0.1, -0.05) is 30.3 Å². The molecule has 0 saturated carbocycles. The Morgan fingerprint density at radius 3 is 2.40 bits per heavy atom. The molecule has 2 N–H and O–H groups in total. The van der Waals surface area contributed by atoms with Gasteiger partial charge in [0.05, 0.1) is 0 Å². The molecule has 2 aromatic rings. The fraction of sp³-hybridized carbons (Fsp3) is 0.235. The molecule has 20 heavy (non-hydrogen) atoms. The van der Waals surface area contributed by atoms with Gasteiger partial charge < -0.3 is 10.4 Å². The van der Waals surface area contributed by atoms with Crippen LogP contribution in [0.2, 0.25) is 0 Å². The molecule has 0 aliphatic carbocycles. The molecule has 2 aromatic carbocycles. The number of carbonyl (C=O) groups is 1. The minimum Gasteiger partial charge on any atom is -0.479 e. The van der Waals surface area contributed by atoms with Gasteiger partial charge in [0, 0.05) is 5.69 Å². The van der Waals surface area contributed by atoms with Crippen molar-refractivity contribution < 1.29 is 9.90 Å². The number of carboxylic acid groups (broad SMARTS) is 1. The van der Waals surface area contributed by atoms with Gasteiger partial charge in [-0.25, -0.2) is 4.79 Å². The highest BCUT2D eigenvalue weighted by Gasteiger charge is 2.19. The lowest BCUT2D eigenvalue weighted by Crippen LogP contribution is -2.20. The summed E-state index contributed by atoms with van der Waals surface area (Å²) in [5.41, 5.74) is 4.94. The molecule has 3 nitrogen and oxygen atoms in total. The Morgan fingerprint density at radius 2 is 1.80 bits per heavy atom. The van der Waals surface area contributed by atoms with E-state index in [-0.39, 0.29) is 0 Å². The van der Waals surface area contributed by atoms with Crippen molar-refractivity contribution in [1.82, 2.24) is 0 Å². The maximum Gasteiger partial charge on any atom is 0.330 e. The van der Waals surface area contributed by atoms with Crippen molar-refractivity contribution in [2.45, 2.75) is 26.8 Å². The van der Waals surface area contributed by atoms with Gasteiger partial charge in [0.15, 0.2) is 6.04 Å². The smallest absolute Gasteiger partial charge is 0.330 e. The van der Waals surface area contributed by atoms with Crippen molar-refractivity contribution in [3.8, 4) is 0 Å². The average molecular weight is 269 g/mol. The number of benzene rings is 2. The predicted octanol–water partition coefficient (Wildman–Crippen LogP) is 3.85. The van der Waals surface area contributed by atoms with Crippen LogP contribution in [0.3, 0.4) is 0 Å². The van der Waals surface area contributed by atoms with E-state index in [2.05, 4.69) is 5.32 Å². The zero-order valence-corrected chi connectivity index (χ0v) is 12.0. The number of hydrogen-bond donors (Lipinski definition) is 2. The molecule has 1 atom stereocenters. The van der Waals surface area contributed by atoms with Crippen LogP contribution in [0.15, 0.2) is 42.5 Å². The monoisotopic (exact) mass is 269 g/mol. The van der Waals surface area contributed by atoms with Crippen LogP contribution in [0, 0.1) is 20.8 Å². The normalized spacial score (nSPS) is 11.9. The van der Waals surface area contributed by atoms with Gasteiger partial charge in [0.2, 0.25) is 0 Å². The van der Waals surface area contributed by atoms with Crippen molar-refractivity contribution in [2.24, 2.45) is 0 Å². The fourth-order valence-electron chi connectivity index (χ4n) is 2.13. The van der Waals surface area contributed by atoms with Gasteiger partial charge in [-0.3, -0.25) is 0 Å². The number of hydrogen-bond acceptors (Lipinski definition) is 2. The summed E-state index contributed by atoms with van der Waals surface area (Å²) in [5, 5.41) is 12.5. The number of rotatable bonds is 4. The Balaban J connectivity index is 2.32. The Labute approximate surface area is 119 Å². The number of carboxylic acids is 1. The standard InChI is InChI=1S/C17H19NO2/c1-11-5-4-6-15(9-11)18-16(17(19)20)14-8-7-12(2)13(3)10-14/h4-10,16,18H,1-3H3,(H,19,20). The first-order valence-electron chi connectivity index (χ1n) is 6.60. The highest BCUT2D eigenvalue weighted by atomic mass is 16.4. The number of nitrogens with one attached hydrogen (secondary N) is 1. The number of aliphatic carboxylic acids is 1. The van der Waals surface area contributed by atoms with Crippen molar-refractivity contribution in [2.75, 3.05) is 5.32 Å². The van der Waals surface area contributed by atoms with Gasteiger partial charge in [0.25, 0.3) is 0 Å². The minimum atomic E-state index is -0.880. The third kappa shape index (κ3) is 3.18. The molecule has 0 saturated heterocycles. The molecule has 0 aliphatic rings. The quantitative estimate of drug-likeness (QED) is 0.886. The Hall–Kier alpha value is -2.29. The zero-order valence-electron chi connectivity index (χ0n) is 12.0. The van der Waals surface area contributed by atoms with Crippen LogP contribution in [0.5, 0.6) is 0 Å². The SMILES string of the molecule is Cc1cccc(NC(C(=O)O)c2ccc(C)c(C)c2)c1. The second kappa shape index (κ2) is 5.78. The first-order chi connectivity index (χ1) is 9.47. The number of anilines is 1. The largest absolute Gasteiger partial charge is 0.479 e. The van der Waals surface area contributed by atoms with Crippen LogP contribution in [-0.4, -0.2) is 11.1 Å². The lowest BCUT2D eigenvalue weighted by atomic mass is 10.0. The highest BCUT2D eigenvalue weighted by molar-refractivity contribution is 5.79. The van der Waals surface area contributed by atoms with Crippen LogP contribution in [0.1, 0.15) is 28.3 Å². The molecular formula is C17H19NO2. The van der Waals surface area contributed by atoms with Crippen LogP contribution in [0.25, 0.3) is 0 Å². The van der Waals surface area contributed by atoms with Crippen LogP contribution < -0.4 is 5.32 Å². The van der Waals surface area contributed by atoms with E-state index in [0.29, 0.717) is 0 Å². The van der Waals surface area contributed by atoms with Gasteiger partial charge >= 0.3 is 5.97 Å². The molecule has 0 amide bonds. The molecule has 3 heteroatoms. The van der Waals surface area contributed by atoms with Crippen LogP contribution in [-0.2, 0) is 4.79 Å². The van der Waals surface area contributed by atoms with Crippen molar-refractivity contribution in [1.29, 1.82) is 0 Å². The van der Waals surface area contributed by atoms with Crippen molar-refractivity contribution in [3.63, 3.8) is 0 Å². The van der Waals surface area contributed by atoms with Gasteiger partial charge in [-0.05, 0) is 55.2 Å². The summed E-state index contributed by atoms with van der Waals surface area (Å²) in [6.45, 7) is 5.99. The molecule has 1 unspecified atom stereocenters. The Bertz CT molecular complexity index is 635. The maximum absolute atomic E-state index is 11.5. The van der Waals surface area contributed by atoms with E-state index in [4.69, 9.17) is 0 Å². The summed E-state index contributed by atoms with van der Waals surface area (Å²) >= 11 is 0. The van der Waals surface area contributed by atoms with E-state index in [1.807, 2.05) is 63.2 Å². The number of aryl methyl sites for hydroxylation is 3. The molecule has 2 rings (SSSR count). The highest BCUT2D eigenvalue weighted by Crippen LogP contribution is 2.22. The second-order valence-corrected chi connectivity index (χ2v) is 5.13. The third-order valence-corrected chi connectivity index (χ3v) is 3.44. The summed E-state index contributed by atoms with van der Waals surface area (Å²) in [5.74, 6) is -0.880. The molecule has 0 aliphatic heterocycles. The van der Waals surface area contributed by atoms with Gasteiger partial charge in [0.1, 0.15) is 0 Å². The lowest BCUT2D eigenvalue weighted by molar-refractivity contribution is -0.138. The summed E-state index contributed by atoms with van der Waals surface area (Å²) < 4.78 is 0. The Morgan fingerprint density at radius 1 is 1.05 bits per heavy atom. The Kier molecular flexibility index (Phi) is 4.08. The molecule has 0 spiro atoms. The van der Waals surface area contributed by atoms with Gasteiger partial charge in [-0.2, -0.15) is 0 Å². The lowest BCUT2D eigenvalue weighted by Gasteiger charge is -2.17. The molecule has 0 aromatic heterocycles. The van der Waals surface area contributed by atoms with E-state index in [9.17, 15) is 9.90 Å². The summed E-state index contributed by atoms with van der Waals surface area (Å²) in [4.78, 5) is 11.5. The molecule has 104 valence electrons. The topological polar surface area (TPSA) is 49.3 Å². The van der Waals surface area contributed by atoms with E-state index in [1.165, 1.54) is 0 Å². The summed E-state index contributed by atoms with van der Waals surface area (Å²) in [6.07, 6.45) is 0. The third-order valence-electron chi connectivity index (χ3n) is 3.44. The minimum absolute atomic E-state index is 0.740. The van der Waals surface area contributed by atoms with E-state index < -0.39 is 12.0 Å². The van der Waals surface area contributed by atoms with Crippen LogP contribution >= 0.6 is 0 Å². The molecule has 0 radical (unpaired) electrons.